The Morgan fingerprint density at radius 2 is 1.68 bits per heavy atom. The Bertz CT molecular complexity index is 461. The van der Waals surface area contributed by atoms with Gasteiger partial charge in [-0.15, -0.1) is 0 Å². The van der Waals surface area contributed by atoms with E-state index >= 15 is 0 Å². The summed E-state index contributed by atoms with van der Waals surface area (Å²) in [4.78, 5) is 10.6. The van der Waals surface area contributed by atoms with Crippen molar-refractivity contribution in [1.82, 2.24) is 0 Å². The van der Waals surface area contributed by atoms with Gasteiger partial charge in [-0.25, -0.2) is 0 Å². The lowest BCUT2D eigenvalue weighted by Gasteiger charge is -2.08. The Balaban J connectivity index is 2.77. The summed E-state index contributed by atoms with van der Waals surface area (Å²) in [5.41, 5.74) is 0.433. The summed E-state index contributed by atoms with van der Waals surface area (Å²) < 4.78 is 45.8. The van der Waals surface area contributed by atoms with Crippen molar-refractivity contribution in [3.8, 4) is 11.5 Å². The first-order valence-electron chi connectivity index (χ1n) is 5.14. The van der Waals surface area contributed by atoms with Crippen molar-refractivity contribution in [2.24, 2.45) is 0 Å². The fourth-order valence-electron chi connectivity index (χ4n) is 1.20. The Labute approximate surface area is 107 Å². The van der Waals surface area contributed by atoms with Gasteiger partial charge in [-0.3, -0.25) is 4.79 Å². The standard InChI is InChI=1S/C12H12F3NO3/c1-18-9-5-8(6-10(7-9)19-2)16-4-3-11(17)12(13,14)15/h3-7,16H,1-2H3/b4-3-. The van der Waals surface area contributed by atoms with E-state index in [4.69, 9.17) is 9.47 Å². The zero-order valence-corrected chi connectivity index (χ0v) is 10.2. The molecule has 1 rings (SSSR count). The second kappa shape index (κ2) is 6.12. The molecule has 0 heterocycles. The minimum Gasteiger partial charge on any atom is -0.497 e. The summed E-state index contributed by atoms with van der Waals surface area (Å²) in [7, 11) is 2.89. The van der Waals surface area contributed by atoms with Crippen molar-refractivity contribution < 1.29 is 27.4 Å². The number of ether oxygens (including phenoxy) is 2. The third kappa shape index (κ3) is 4.53. The lowest BCUT2D eigenvalue weighted by Crippen LogP contribution is -2.20. The van der Waals surface area contributed by atoms with Gasteiger partial charge in [-0.2, -0.15) is 13.2 Å². The number of halogens is 3. The lowest BCUT2D eigenvalue weighted by atomic mass is 10.2. The number of allylic oxidation sites excluding steroid dienone is 1. The van der Waals surface area contributed by atoms with Crippen LogP contribution in [0.3, 0.4) is 0 Å². The van der Waals surface area contributed by atoms with Crippen molar-refractivity contribution in [2.45, 2.75) is 6.18 Å². The quantitative estimate of drug-likeness (QED) is 0.839. The molecule has 1 aromatic rings. The van der Waals surface area contributed by atoms with E-state index in [1.807, 2.05) is 0 Å². The van der Waals surface area contributed by atoms with Gasteiger partial charge < -0.3 is 14.8 Å². The van der Waals surface area contributed by atoms with Crippen LogP contribution in [0, 0.1) is 0 Å². The number of hydrogen-bond acceptors (Lipinski definition) is 4. The zero-order chi connectivity index (χ0) is 14.5. The smallest absolute Gasteiger partial charge is 0.454 e. The molecule has 0 unspecified atom stereocenters. The summed E-state index contributed by atoms with van der Waals surface area (Å²) in [6, 6.07) is 4.70. The zero-order valence-electron chi connectivity index (χ0n) is 10.2. The Kier molecular flexibility index (Phi) is 4.80. The van der Waals surface area contributed by atoms with E-state index in [1.165, 1.54) is 14.2 Å². The van der Waals surface area contributed by atoms with Crippen molar-refractivity contribution >= 4 is 11.5 Å². The summed E-state index contributed by atoms with van der Waals surface area (Å²) in [5, 5.41) is 2.54. The minimum atomic E-state index is -4.87. The number of carbonyl (C=O) groups is 1. The topological polar surface area (TPSA) is 47.6 Å². The van der Waals surface area contributed by atoms with Crippen molar-refractivity contribution in [3.05, 3.63) is 30.5 Å². The maximum atomic E-state index is 11.9. The first-order valence-corrected chi connectivity index (χ1v) is 5.14. The molecule has 7 heteroatoms. The molecule has 0 atom stereocenters. The number of anilines is 1. The average molecular weight is 275 g/mol. The first-order chi connectivity index (χ1) is 8.86. The largest absolute Gasteiger partial charge is 0.497 e. The van der Waals surface area contributed by atoms with E-state index in [9.17, 15) is 18.0 Å². The van der Waals surface area contributed by atoms with E-state index in [1.54, 1.807) is 18.2 Å². The molecule has 0 amide bonds. The van der Waals surface area contributed by atoms with Crippen LogP contribution in [0.1, 0.15) is 0 Å². The van der Waals surface area contributed by atoms with Gasteiger partial charge in [0.05, 0.1) is 14.2 Å². The molecule has 0 aliphatic heterocycles. The molecule has 0 fully saturated rings. The predicted octanol–water partition coefficient (Wildman–Crippen LogP) is 2.76. The fraction of sp³-hybridized carbons (Fsp3) is 0.250. The molecule has 19 heavy (non-hydrogen) atoms. The van der Waals surface area contributed by atoms with Crippen LogP contribution in [-0.2, 0) is 4.79 Å². The van der Waals surface area contributed by atoms with Gasteiger partial charge in [0.25, 0.3) is 5.78 Å². The highest BCUT2D eigenvalue weighted by molar-refractivity contribution is 5.94. The number of alkyl halides is 3. The van der Waals surface area contributed by atoms with Crippen LogP contribution in [0.25, 0.3) is 0 Å². The molecule has 0 aromatic heterocycles. The summed E-state index contributed by atoms with van der Waals surface area (Å²) in [6.07, 6.45) is -3.56. The van der Waals surface area contributed by atoms with Crippen LogP contribution in [0.5, 0.6) is 11.5 Å². The van der Waals surface area contributed by atoms with E-state index in [0.29, 0.717) is 23.3 Å². The molecule has 0 spiro atoms. The summed E-state index contributed by atoms with van der Waals surface area (Å²) >= 11 is 0. The van der Waals surface area contributed by atoms with Gasteiger partial charge in [-0.05, 0) is 0 Å². The highest BCUT2D eigenvalue weighted by Crippen LogP contribution is 2.25. The van der Waals surface area contributed by atoms with Crippen LogP contribution in [0.2, 0.25) is 0 Å². The Morgan fingerprint density at radius 3 is 2.11 bits per heavy atom. The SMILES string of the molecule is COc1cc(N/C=C\C(=O)C(F)(F)F)cc(OC)c1. The molecule has 4 nitrogen and oxygen atoms in total. The van der Waals surface area contributed by atoms with Gasteiger partial charge in [0.2, 0.25) is 0 Å². The molecule has 0 saturated carbocycles. The van der Waals surface area contributed by atoms with Crippen LogP contribution < -0.4 is 14.8 Å². The number of carbonyl (C=O) groups excluding carboxylic acids is 1. The van der Waals surface area contributed by atoms with Gasteiger partial charge in [0.1, 0.15) is 11.5 Å². The number of methoxy groups -OCH3 is 2. The number of nitrogens with one attached hydrogen (secondary N) is 1. The van der Waals surface area contributed by atoms with Gasteiger partial charge >= 0.3 is 6.18 Å². The van der Waals surface area contributed by atoms with Crippen LogP contribution in [-0.4, -0.2) is 26.2 Å². The number of ketones is 1. The molecule has 104 valence electrons. The van der Waals surface area contributed by atoms with Gasteiger partial charge in [0.15, 0.2) is 0 Å². The summed E-state index contributed by atoms with van der Waals surface area (Å²) in [5.74, 6) is -0.996. The maximum Gasteiger partial charge on any atom is 0.454 e. The van der Waals surface area contributed by atoms with Gasteiger partial charge in [0, 0.05) is 36.2 Å². The maximum absolute atomic E-state index is 11.9. The molecular formula is C12H12F3NO3. The van der Waals surface area contributed by atoms with Crippen LogP contribution in [0.15, 0.2) is 30.5 Å². The van der Waals surface area contributed by atoms with Crippen molar-refractivity contribution in [1.29, 1.82) is 0 Å². The van der Waals surface area contributed by atoms with Gasteiger partial charge in [-0.1, -0.05) is 0 Å². The highest BCUT2D eigenvalue weighted by atomic mass is 19.4. The number of benzene rings is 1. The Hall–Kier alpha value is -2.18. The van der Waals surface area contributed by atoms with Crippen LogP contribution in [0.4, 0.5) is 18.9 Å². The average Bonchev–Trinajstić information content (AvgIpc) is 2.37. The third-order valence-electron chi connectivity index (χ3n) is 2.12. The van der Waals surface area contributed by atoms with E-state index in [-0.39, 0.29) is 0 Å². The fourth-order valence-corrected chi connectivity index (χ4v) is 1.20. The minimum absolute atomic E-state index is 0.409. The Morgan fingerprint density at radius 1 is 1.16 bits per heavy atom. The molecule has 0 radical (unpaired) electrons. The first kappa shape index (κ1) is 14.9. The van der Waals surface area contributed by atoms with E-state index < -0.39 is 12.0 Å². The third-order valence-corrected chi connectivity index (χ3v) is 2.12. The van der Waals surface area contributed by atoms with Crippen molar-refractivity contribution in [3.63, 3.8) is 0 Å². The monoisotopic (exact) mass is 275 g/mol. The van der Waals surface area contributed by atoms with E-state index in [0.717, 1.165) is 6.20 Å². The summed E-state index contributed by atoms with van der Waals surface area (Å²) in [6.45, 7) is 0. The normalized spacial score (nSPS) is 11.4. The molecule has 0 aliphatic rings. The van der Waals surface area contributed by atoms with Crippen molar-refractivity contribution in [2.75, 3.05) is 19.5 Å². The predicted molar refractivity (Wildman–Crippen MR) is 63.4 cm³/mol. The lowest BCUT2D eigenvalue weighted by molar-refractivity contribution is -0.165. The molecule has 1 N–H and O–H groups in total. The molecular weight excluding hydrogens is 263 g/mol. The second-order valence-electron chi connectivity index (χ2n) is 3.44. The highest BCUT2D eigenvalue weighted by Gasteiger charge is 2.35. The number of hydrogen-bond donors (Lipinski definition) is 1. The van der Waals surface area contributed by atoms with Crippen LogP contribution >= 0.6 is 0 Å². The number of rotatable bonds is 5. The molecule has 1 aromatic carbocycles. The van der Waals surface area contributed by atoms with E-state index in [2.05, 4.69) is 5.32 Å². The molecule has 0 bridgehead atoms. The molecule has 0 aliphatic carbocycles. The molecule has 0 saturated heterocycles. The second-order valence-corrected chi connectivity index (χ2v) is 3.44.